The van der Waals surface area contributed by atoms with E-state index in [1.165, 1.54) is 30.4 Å². The molecule has 0 heterocycles. The lowest BCUT2D eigenvalue weighted by Gasteiger charge is -2.29. The van der Waals surface area contributed by atoms with Crippen LogP contribution in [0.2, 0.25) is 0 Å². The van der Waals surface area contributed by atoms with Gasteiger partial charge < -0.3 is 14.4 Å². The van der Waals surface area contributed by atoms with E-state index in [4.69, 9.17) is 0 Å². The van der Waals surface area contributed by atoms with Crippen molar-refractivity contribution >= 4 is 16.8 Å². The molecule has 2 atom stereocenters. The summed E-state index contributed by atoms with van der Waals surface area (Å²) in [4.78, 5) is 4.99. The zero-order chi connectivity index (χ0) is 26.1. The highest BCUT2D eigenvalue weighted by molar-refractivity contribution is 7.79. The normalized spacial score (nSPS) is 13.2. The summed E-state index contributed by atoms with van der Waals surface area (Å²) in [6.45, 7) is 2.24. The average Bonchev–Trinajstić information content (AvgIpc) is 2.87. The van der Waals surface area contributed by atoms with E-state index in [0.29, 0.717) is 10.9 Å². The highest BCUT2D eigenvalue weighted by Crippen LogP contribution is 2.41. The Balaban J connectivity index is 2.14. The zero-order valence-electron chi connectivity index (χ0n) is 22.5. The van der Waals surface area contributed by atoms with E-state index in [2.05, 4.69) is 93.4 Å². The summed E-state index contributed by atoms with van der Waals surface area (Å²) in [5.74, 6) is -0.0342. The quantitative estimate of drug-likeness (QED) is 0.201. The molecule has 0 saturated heterocycles. The molecule has 0 radical (unpaired) electrons. The Bertz CT molecular complexity index is 1060. The Labute approximate surface area is 220 Å². The standard InChI is InChI=1S/C31H42N2O2S/c1-6-7-19-26(32(2)3)20-14-21-27-29(36(34)35)23-22-28(33(4)5)31(27)30(24-15-10-8-11-16-24)25-17-12-9-13-18-25/h8-13,15-18,22-23,26,30H,6-7,14,19-21H2,1-5H3,(H,34,35). The largest absolute Gasteiger partial charge is 0.377 e. The first kappa shape index (κ1) is 28.1. The maximum Gasteiger partial charge on any atom is 0.186 e. The van der Waals surface area contributed by atoms with E-state index < -0.39 is 11.1 Å². The predicted molar refractivity (Wildman–Crippen MR) is 154 cm³/mol. The van der Waals surface area contributed by atoms with E-state index in [9.17, 15) is 8.76 Å². The van der Waals surface area contributed by atoms with Gasteiger partial charge in [0, 0.05) is 31.7 Å². The van der Waals surface area contributed by atoms with Gasteiger partial charge in [0.05, 0.1) is 4.90 Å². The van der Waals surface area contributed by atoms with Crippen molar-refractivity contribution in [2.75, 3.05) is 33.1 Å². The SMILES string of the molecule is CCCCC(CCCc1c(S(=O)O)ccc(N(C)C)c1C(c1ccccc1)c1ccccc1)N(C)C. The second kappa shape index (κ2) is 13.7. The summed E-state index contributed by atoms with van der Waals surface area (Å²) in [6.07, 6.45) is 6.41. The molecule has 0 saturated carbocycles. The summed E-state index contributed by atoms with van der Waals surface area (Å²) >= 11 is -2.06. The number of hydrogen-bond acceptors (Lipinski definition) is 3. The third-order valence-corrected chi connectivity index (χ3v) is 7.86. The monoisotopic (exact) mass is 506 g/mol. The molecule has 3 aromatic rings. The minimum Gasteiger partial charge on any atom is -0.377 e. The number of anilines is 1. The van der Waals surface area contributed by atoms with Crippen LogP contribution in [0.25, 0.3) is 0 Å². The topological polar surface area (TPSA) is 43.8 Å². The van der Waals surface area contributed by atoms with Gasteiger partial charge in [0.25, 0.3) is 0 Å². The predicted octanol–water partition coefficient (Wildman–Crippen LogP) is 6.96. The first-order valence-corrected chi connectivity index (χ1v) is 14.2. The van der Waals surface area contributed by atoms with Crippen molar-refractivity contribution in [3.05, 3.63) is 95.1 Å². The van der Waals surface area contributed by atoms with Gasteiger partial charge in [0.2, 0.25) is 0 Å². The first-order valence-electron chi connectivity index (χ1n) is 13.0. The van der Waals surface area contributed by atoms with E-state index in [0.717, 1.165) is 36.1 Å². The molecule has 0 aliphatic rings. The van der Waals surface area contributed by atoms with Gasteiger partial charge in [-0.2, -0.15) is 0 Å². The van der Waals surface area contributed by atoms with Gasteiger partial charge in [0.1, 0.15) is 0 Å². The minimum atomic E-state index is -2.06. The fraction of sp³-hybridized carbons (Fsp3) is 0.419. The molecule has 0 amide bonds. The number of nitrogens with zero attached hydrogens (tertiary/aromatic N) is 2. The zero-order valence-corrected chi connectivity index (χ0v) is 23.3. The average molecular weight is 507 g/mol. The van der Waals surface area contributed by atoms with E-state index in [1.807, 2.05) is 24.3 Å². The Kier molecular flexibility index (Phi) is 10.7. The molecule has 0 aromatic heterocycles. The van der Waals surface area contributed by atoms with Gasteiger partial charge in [-0.15, -0.1) is 0 Å². The maximum atomic E-state index is 12.6. The molecular weight excluding hydrogens is 464 g/mol. The van der Waals surface area contributed by atoms with Crippen molar-refractivity contribution in [1.29, 1.82) is 0 Å². The number of rotatable bonds is 13. The van der Waals surface area contributed by atoms with Crippen molar-refractivity contribution in [2.24, 2.45) is 0 Å². The molecule has 0 bridgehead atoms. The molecule has 4 nitrogen and oxygen atoms in total. The maximum absolute atomic E-state index is 12.6. The van der Waals surface area contributed by atoms with Crippen LogP contribution < -0.4 is 4.90 Å². The van der Waals surface area contributed by atoms with Crippen LogP contribution in [0.1, 0.15) is 67.2 Å². The molecule has 5 heteroatoms. The fourth-order valence-corrected chi connectivity index (χ4v) is 5.80. The number of hydrogen-bond donors (Lipinski definition) is 1. The molecule has 3 rings (SSSR count). The smallest absolute Gasteiger partial charge is 0.186 e. The van der Waals surface area contributed by atoms with Crippen LogP contribution in [0.15, 0.2) is 77.7 Å². The van der Waals surface area contributed by atoms with Crippen LogP contribution in [0.4, 0.5) is 5.69 Å². The first-order chi connectivity index (χ1) is 17.3. The van der Waals surface area contributed by atoms with Crippen LogP contribution in [0.3, 0.4) is 0 Å². The summed E-state index contributed by atoms with van der Waals surface area (Å²) in [7, 11) is 8.43. The lowest BCUT2D eigenvalue weighted by molar-refractivity contribution is 0.255. The van der Waals surface area contributed by atoms with Crippen molar-refractivity contribution in [2.45, 2.75) is 62.3 Å². The summed E-state index contributed by atoms with van der Waals surface area (Å²) < 4.78 is 22.9. The molecule has 2 unspecified atom stereocenters. The second-order valence-electron chi connectivity index (χ2n) is 10.0. The summed E-state index contributed by atoms with van der Waals surface area (Å²) in [6, 6.07) is 25.4. The van der Waals surface area contributed by atoms with Gasteiger partial charge in [0.15, 0.2) is 11.1 Å². The van der Waals surface area contributed by atoms with E-state index in [-0.39, 0.29) is 5.92 Å². The summed E-state index contributed by atoms with van der Waals surface area (Å²) in [5.41, 5.74) is 5.60. The van der Waals surface area contributed by atoms with Crippen LogP contribution in [0, 0.1) is 0 Å². The molecule has 0 fully saturated rings. The lowest BCUT2D eigenvalue weighted by Crippen LogP contribution is -2.28. The van der Waals surface area contributed by atoms with Crippen molar-refractivity contribution < 1.29 is 8.76 Å². The van der Waals surface area contributed by atoms with Gasteiger partial charge in [-0.05, 0) is 74.2 Å². The third-order valence-electron chi connectivity index (χ3n) is 7.10. The van der Waals surface area contributed by atoms with Crippen molar-refractivity contribution in [3.8, 4) is 0 Å². The molecule has 0 spiro atoms. The molecule has 36 heavy (non-hydrogen) atoms. The Morgan fingerprint density at radius 1 is 0.806 bits per heavy atom. The summed E-state index contributed by atoms with van der Waals surface area (Å²) in [5, 5.41) is 0. The number of benzene rings is 3. The minimum absolute atomic E-state index is 0.0342. The molecular formula is C31H42N2O2S. The van der Waals surface area contributed by atoms with Crippen LogP contribution in [0.5, 0.6) is 0 Å². The highest BCUT2D eigenvalue weighted by Gasteiger charge is 2.27. The Hall–Kier alpha value is -2.47. The third kappa shape index (κ3) is 7.06. The van der Waals surface area contributed by atoms with E-state index >= 15 is 0 Å². The molecule has 194 valence electrons. The fourth-order valence-electron chi connectivity index (χ4n) is 5.20. The molecule has 0 aliphatic heterocycles. The van der Waals surface area contributed by atoms with Crippen LogP contribution in [-0.2, 0) is 17.5 Å². The van der Waals surface area contributed by atoms with Crippen molar-refractivity contribution in [3.63, 3.8) is 0 Å². The Morgan fingerprint density at radius 2 is 1.36 bits per heavy atom. The van der Waals surface area contributed by atoms with Gasteiger partial charge in [-0.3, -0.25) is 0 Å². The lowest BCUT2D eigenvalue weighted by atomic mass is 9.80. The molecule has 0 aliphatic carbocycles. The Morgan fingerprint density at radius 3 is 1.83 bits per heavy atom. The van der Waals surface area contributed by atoms with Crippen LogP contribution in [-0.4, -0.2) is 47.9 Å². The van der Waals surface area contributed by atoms with Gasteiger partial charge in [-0.25, -0.2) is 4.21 Å². The molecule has 1 N–H and O–H groups in total. The van der Waals surface area contributed by atoms with Crippen molar-refractivity contribution in [1.82, 2.24) is 4.90 Å². The number of unbranched alkanes of at least 4 members (excludes halogenated alkanes) is 1. The van der Waals surface area contributed by atoms with Gasteiger partial charge >= 0.3 is 0 Å². The van der Waals surface area contributed by atoms with Gasteiger partial charge in [-0.1, -0.05) is 80.4 Å². The van der Waals surface area contributed by atoms with Crippen LogP contribution >= 0.6 is 0 Å². The highest BCUT2D eigenvalue weighted by atomic mass is 32.2. The molecule has 3 aromatic carbocycles. The second-order valence-corrected chi connectivity index (χ2v) is 11.0. The van der Waals surface area contributed by atoms with E-state index in [1.54, 1.807) is 0 Å².